The Morgan fingerprint density at radius 3 is 1.30 bits per heavy atom. The Balaban J connectivity index is 1.99. The number of nitrogens with zero attached hydrogens (tertiary/aromatic N) is 1. The molecule has 2 amide bonds. The zero-order chi connectivity index (χ0) is 20.2. The van der Waals surface area contributed by atoms with E-state index in [-0.39, 0.29) is 29.4 Å². The summed E-state index contributed by atoms with van der Waals surface area (Å²) in [5, 5.41) is 5.98. The molecule has 5 heteroatoms. The lowest BCUT2D eigenvalue weighted by molar-refractivity contribution is -0.874. The summed E-state index contributed by atoms with van der Waals surface area (Å²) in [4.78, 5) is 25.0. The number of rotatable bonds is 6. The largest absolute Gasteiger partial charge is 0.321 e. The van der Waals surface area contributed by atoms with Crippen molar-refractivity contribution in [3.05, 3.63) is 58.7 Å². The molecule has 0 heterocycles. The zero-order valence-corrected chi connectivity index (χ0v) is 17.1. The van der Waals surface area contributed by atoms with Crippen LogP contribution in [0.2, 0.25) is 0 Å². The van der Waals surface area contributed by atoms with Crippen LogP contribution in [0.25, 0.3) is 0 Å². The Labute approximate surface area is 162 Å². The molecule has 0 atom stereocenters. The molecule has 0 radical (unpaired) electrons. The van der Waals surface area contributed by atoms with E-state index < -0.39 is 0 Å². The Bertz CT molecular complexity index is 747. The van der Waals surface area contributed by atoms with Gasteiger partial charge in [-0.25, -0.2) is 0 Å². The van der Waals surface area contributed by atoms with Crippen molar-refractivity contribution in [3.63, 3.8) is 0 Å². The van der Waals surface area contributed by atoms with Crippen LogP contribution >= 0.6 is 0 Å². The van der Waals surface area contributed by atoms with Gasteiger partial charge in [0.05, 0.1) is 14.1 Å². The first-order valence-corrected chi connectivity index (χ1v) is 9.13. The van der Waals surface area contributed by atoms with Gasteiger partial charge in [0, 0.05) is 11.4 Å². The first kappa shape index (κ1) is 20.6. The van der Waals surface area contributed by atoms with Gasteiger partial charge in [-0.3, -0.25) is 9.59 Å². The SMILES string of the molecule is Cc1cccc(C)c1NC(=O)C[N+](C)(C)CC(=O)Nc1c(C)cccc1C. The van der Waals surface area contributed by atoms with Crippen molar-refractivity contribution >= 4 is 23.2 Å². The second kappa shape index (κ2) is 8.35. The van der Waals surface area contributed by atoms with Crippen molar-refractivity contribution in [1.29, 1.82) is 0 Å². The molecule has 5 nitrogen and oxygen atoms in total. The second-order valence-corrected chi connectivity index (χ2v) is 7.88. The highest BCUT2D eigenvalue weighted by molar-refractivity contribution is 5.95. The molecule has 0 bridgehead atoms. The van der Waals surface area contributed by atoms with E-state index in [1.54, 1.807) is 0 Å². The van der Waals surface area contributed by atoms with Gasteiger partial charge in [0.25, 0.3) is 11.8 Å². The van der Waals surface area contributed by atoms with Gasteiger partial charge in [0.2, 0.25) is 0 Å². The summed E-state index contributed by atoms with van der Waals surface area (Å²) in [5.74, 6) is -0.199. The highest BCUT2D eigenvalue weighted by Gasteiger charge is 2.25. The Morgan fingerprint density at radius 1 is 0.704 bits per heavy atom. The quantitative estimate of drug-likeness (QED) is 0.766. The average Bonchev–Trinajstić information content (AvgIpc) is 2.53. The van der Waals surface area contributed by atoms with E-state index in [0.717, 1.165) is 33.6 Å². The molecule has 144 valence electrons. The molecule has 0 unspecified atom stereocenters. The highest BCUT2D eigenvalue weighted by atomic mass is 16.2. The molecule has 0 aliphatic heterocycles. The fourth-order valence-electron chi connectivity index (χ4n) is 3.21. The van der Waals surface area contributed by atoms with Gasteiger partial charge >= 0.3 is 0 Å². The second-order valence-electron chi connectivity index (χ2n) is 7.88. The molecule has 0 aliphatic rings. The third-order valence-electron chi connectivity index (χ3n) is 4.63. The molecule has 2 rings (SSSR count). The van der Waals surface area contributed by atoms with E-state index in [4.69, 9.17) is 0 Å². The lowest BCUT2D eigenvalue weighted by Crippen LogP contribution is -2.50. The number of anilines is 2. The maximum atomic E-state index is 12.5. The van der Waals surface area contributed by atoms with Gasteiger partial charge in [-0.1, -0.05) is 36.4 Å². The van der Waals surface area contributed by atoms with E-state index in [1.807, 2.05) is 78.2 Å². The summed E-state index contributed by atoms with van der Waals surface area (Å²) < 4.78 is 0.271. The van der Waals surface area contributed by atoms with Crippen LogP contribution in [0.15, 0.2) is 36.4 Å². The molecule has 0 aliphatic carbocycles. The zero-order valence-electron chi connectivity index (χ0n) is 17.1. The Kier molecular flexibility index (Phi) is 6.39. The predicted molar refractivity (Wildman–Crippen MR) is 111 cm³/mol. The molecular formula is C22H30N3O2+. The molecule has 2 N–H and O–H groups in total. The van der Waals surface area contributed by atoms with Crippen LogP contribution in [0.4, 0.5) is 11.4 Å². The van der Waals surface area contributed by atoms with Crippen LogP contribution in [0, 0.1) is 27.7 Å². The van der Waals surface area contributed by atoms with Gasteiger partial charge in [0.1, 0.15) is 0 Å². The van der Waals surface area contributed by atoms with Gasteiger partial charge in [-0.2, -0.15) is 0 Å². The van der Waals surface area contributed by atoms with Gasteiger partial charge in [0.15, 0.2) is 13.1 Å². The topological polar surface area (TPSA) is 58.2 Å². The number of likely N-dealkylation sites (N-methyl/N-ethyl adjacent to an activating group) is 1. The summed E-state index contributed by atoms with van der Waals surface area (Å²) in [5.41, 5.74) is 5.82. The number of hydrogen-bond acceptors (Lipinski definition) is 2. The summed E-state index contributed by atoms with van der Waals surface area (Å²) >= 11 is 0. The van der Waals surface area contributed by atoms with Crippen LogP contribution in [-0.4, -0.2) is 43.5 Å². The number of amides is 2. The minimum atomic E-state index is -0.0997. The summed E-state index contributed by atoms with van der Waals surface area (Å²) in [6.07, 6.45) is 0. The molecule has 27 heavy (non-hydrogen) atoms. The number of para-hydroxylation sites is 2. The fraction of sp³-hybridized carbons (Fsp3) is 0.364. The van der Waals surface area contributed by atoms with Gasteiger partial charge in [-0.15, -0.1) is 0 Å². The van der Waals surface area contributed by atoms with Crippen LogP contribution < -0.4 is 10.6 Å². The Hall–Kier alpha value is -2.66. The number of aryl methyl sites for hydroxylation is 4. The number of hydrogen-bond donors (Lipinski definition) is 2. The van der Waals surface area contributed by atoms with Crippen LogP contribution in [-0.2, 0) is 9.59 Å². The normalized spacial score (nSPS) is 11.2. The maximum absolute atomic E-state index is 12.5. The molecule has 0 saturated heterocycles. The summed E-state index contributed by atoms with van der Waals surface area (Å²) in [6.45, 7) is 8.32. The van der Waals surface area contributed by atoms with Crippen molar-refractivity contribution in [3.8, 4) is 0 Å². The molecule has 2 aromatic rings. The third-order valence-corrected chi connectivity index (χ3v) is 4.63. The average molecular weight is 369 g/mol. The van der Waals surface area contributed by atoms with E-state index in [0.29, 0.717) is 0 Å². The van der Waals surface area contributed by atoms with Crippen molar-refractivity contribution in [2.45, 2.75) is 27.7 Å². The maximum Gasteiger partial charge on any atom is 0.279 e. The number of benzene rings is 2. The van der Waals surface area contributed by atoms with Crippen LogP contribution in [0.5, 0.6) is 0 Å². The van der Waals surface area contributed by atoms with Gasteiger partial charge in [-0.05, 0) is 49.9 Å². The van der Waals surface area contributed by atoms with Crippen LogP contribution in [0.1, 0.15) is 22.3 Å². The van der Waals surface area contributed by atoms with Crippen molar-refractivity contribution < 1.29 is 14.1 Å². The molecular weight excluding hydrogens is 338 g/mol. The smallest absolute Gasteiger partial charge is 0.279 e. The van der Waals surface area contributed by atoms with Crippen LogP contribution in [0.3, 0.4) is 0 Å². The lowest BCUT2D eigenvalue weighted by atomic mass is 10.1. The minimum absolute atomic E-state index is 0.0997. The molecule has 0 fully saturated rings. The molecule has 2 aromatic carbocycles. The molecule has 0 saturated carbocycles. The monoisotopic (exact) mass is 368 g/mol. The molecule has 0 aromatic heterocycles. The summed E-state index contributed by atoms with van der Waals surface area (Å²) in [6, 6.07) is 11.8. The highest BCUT2D eigenvalue weighted by Crippen LogP contribution is 2.20. The first-order valence-electron chi connectivity index (χ1n) is 9.13. The van der Waals surface area contributed by atoms with E-state index in [9.17, 15) is 9.59 Å². The number of carbonyl (C=O) groups excluding carboxylic acids is 2. The van der Waals surface area contributed by atoms with E-state index in [2.05, 4.69) is 10.6 Å². The number of quaternary nitrogens is 1. The first-order chi connectivity index (χ1) is 12.6. The van der Waals surface area contributed by atoms with Crippen molar-refractivity contribution in [2.24, 2.45) is 0 Å². The van der Waals surface area contributed by atoms with Crippen molar-refractivity contribution in [2.75, 3.05) is 37.8 Å². The van der Waals surface area contributed by atoms with E-state index >= 15 is 0 Å². The summed E-state index contributed by atoms with van der Waals surface area (Å²) in [7, 11) is 3.77. The number of carbonyl (C=O) groups is 2. The minimum Gasteiger partial charge on any atom is -0.321 e. The standard InChI is InChI=1S/C22H29N3O2/c1-15-9-7-10-16(2)21(15)23-19(26)13-25(5,6)14-20(27)24-22-17(3)11-8-12-18(22)4/h7-12H,13-14H2,1-6H3,(H-,23,24,26,27)/p+1. The van der Waals surface area contributed by atoms with Crippen molar-refractivity contribution in [1.82, 2.24) is 0 Å². The Morgan fingerprint density at radius 2 is 1.00 bits per heavy atom. The third kappa shape index (κ3) is 5.66. The van der Waals surface area contributed by atoms with E-state index in [1.165, 1.54) is 0 Å². The van der Waals surface area contributed by atoms with Gasteiger partial charge < -0.3 is 15.1 Å². The fourth-order valence-corrected chi connectivity index (χ4v) is 3.21. The lowest BCUT2D eigenvalue weighted by Gasteiger charge is -2.28. The predicted octanol–water partition coefficient (Wildman–Crippen LogP) is 3.57. The molecule has 0 spiro atoms. The number of nitrogens with one attached hydrogen (secondary N) is 2.